The molecule has 144 valence electrons. The van der Waals surface area contributed by atoms with Crippen molar-refractivity contribution in [2.75, 3.05) is 0 Å². The Bertz CT molecular complexity index is 879. The highest BCUT2D eigenvalue weighted by Crippen LogP contribution is 2.49. The van der Waals surface area contributed by atoms with Gasteiger partial charge in [-0.25, -0.2) is 22.2 Å². The average molecular weight is 399 g/mol. The quantitative estimate of drug-likeness (QED) is 0.747. The Labute approximate surface area is 145 Å². The Balaban J connectivity index is 2.26. The van der Waals surface area contributed by atoms with E-state index in [1.807, 2.05) is 0 Å². The lowest BCUT2D eigenvalue weighted by Gasteiger charge is -2.20. The first-order valence-electron chi connectivity index (χ1n) is 7.64. The zero-order chi connectivity index (χ0) is 19.5. The third kappa shape index (κ3) is 2.91. The van der Waals surface area contributed by atoms with Crippen LogP contribution in [-0.2, 0) is 16.3 Å². The summed E-state index contributed by atoms with van der Waals surface area (Å²) < 4.78 is 90.0. The van der Waals surface area contributed by atoms with Crippen molar-refractivity contribution >= 4 is 15.4 Å². The van der Waals surface area contributed by atoms with E-state index in [0.29, 0.717) is 24.8 Å². The standard InChI is InChI=1S/C15H14F5NO4S/c16-14(17)5-9-10(7-2-1-3-8(22)4-7)6-21-13(11(9)12(14)23)26(24,25)15(18,19)20/h4,6,8,12,22-23H,1-3,5H2/t8-,12+/m1/s1. The second-order valence-corrected chi connectivity index (χ2v) is 8.17. The number of hydrogen-bond acceptors (Lipinski definition) is 5. The molecule has 1 heterocycles. The molecule has 2 atom stereocenters. The Morgan fingerprint density at radius 3 is 2.46 bits per heavy atom. The minimum Gasteiger partial charge on any atom is -0.389 e. The van der Waals surface area contributed by atoms with Gasteiger partial charge in [0.15, 0.2) is 5.03 Å². The molecule has 26 heavy (non-hydrogen) atoms. The Kier molecular flexibility index (Phi) is 4.40. The van der Waals surface area contributed by atoms with E-state index in [4.69, 9.17) is 0 Å². The van der Waals surface area contributed by atoms with Crippen molar-refractivity contribution in [1.29, 1.82) is 0 Å². The fourth-order valence-electron chi connectivity index (χ4n) is 3.29. The van der Waals surface area contributed by atoms with E-state index < -0.39 is 50.5 Å². The van der Waals surface area contributed by atoms with Gasteiger partial charge in [0.25, 0.3) is 15.8 Å². The molecule has 2 N–H and O–H groups in total. The van der Waals surface area contributed by atoms with Crippen LogP contribution in [-0.4, -0.2) is 41.1 Å². The summed E-state index contributed by atoms with van der Waals surface area (Å²) in [5.41, 5.74) is -6.75. The number of allylic oxidation sites excluding steroid dienone is 1. The molecule has 0 unspecified atom stereocenters. The first kappa shape index (κ1) is 19.2. The molecule has 0 radical (unpaired) electrons. The van der Waals surface area contributed by atoms with Crippen LogP contribution in [0.3, 0.4) is 0 Å². The van der Waals surface area contributed by atoms with Crippen LogP contribution in [0.2, 0.25) is 0 Å². The van der Waals surface area contributed by atoms with Gasteiger partial charge < -0.3 is 10.2 Å². The molecule has 0 saturated heterocycles. The smallest absolute Gasteiger partial charge is 0.389 e. The SMILES string of the molecule is O=S(=O)(c1ncc(C2=C[C@H](O)CCC2)c2c1[C@H](O)C(F)(F)C2)C(F)(F)F. The summed E-state index contributed by atoms with van der Waals surface area (Å²) in [4.78, 5) is 3.28. The van der Waals surface area contributed by atoms with Crippen LogP contribution >= 0.6 is 0 Å². The van der Waals surface area contributed by atoms with Crippen molar-refractivity contribution in [3.8, 4) is 0 Å². The summed E-state index contributed by atoms with van der Waals surface area (Å²) in [5, 5.41) is 17.9. The second kappa shape index (κ2) is 5.96. The van der Waals surface area contributed by atoms with Gasteiger partial charge in [-0.05, 0) is 36.0 Å². The fraction of sp³-hybridized carbons (Fsp3) is 0.533. The van der Waals surface area contributed by atoms with Crippen molar-refractivity contribution in [3.05, 3.63) is 29.0 Å². The maximum absolute atomic E-state index is 14.0. The first-order valence-corrected chi connectivity index (χ1v) is 9.12. The average Bonchev–Trinajstić information content (AvgIpc) is 2.75. The molecule has 1 aromatic heterocycles. The lowest BCUT2D eigenvalue weighted by Crippen LogP contribution is -2.27. The lowest BCUT2D eigenvalue weighted by molar-refractivity contribution is -0.0979. The zero-order valence-corrected chi connectivity index (χ0v) is 13.9. The number of aromatic nitrogens is 1. The molecule has 11 heteroatoms. The summed E-state index contributed by atoms with van der Waals surface area (Å²) in [7, 11) is -6.02. The third-order valence-electron chi connectivity index (χ3n) is 4.52. The van der Waals surface area contributed by atoms with E-state index in [0.717, 1.165) is 6.20 Å². The number of halogens is 5. The van der Waals surface area contributed by atoms with Gasteiger partial charge in [0.1, 0.15) is 6.10 Å². The minimum absolute atomic E-state index is 0.0242. The van der Waals surface area contributed by atoms with E-state index in [9.17, 15) is 40.6 Å². The monoisotopic (exact) mass is 399 g/mol. The lowest BCUT2D eigenvalue weighted by atomic mass is 9.90. The van der Waals surface area contributed by atoms with Gasteiger partial charge in [0.2, 0.25) is 0 Å². The molecule has 5 nitrogen and oxygen atoms in total. The van der Waals surface area contributed by atoms with Crippen LogP contribution in [0.1, 0.15) is 42.1 Å². The number of hydrogen-bond donors (Lipinski definition) is 2. The van der Waals surface area contributed by atoms with E-state index in [1.165, 1.54) is 6.08 Å². The highest BCUT2D eigenvalue weighted by molar-refractivity contribution is 7.92. The molecule has 2 aliphatic carbocycles. The van der Waals surface area contributed by atoms with Gasteiger partial charge in [-0.2, -0.15) is 13.2 Å². The molecule has 0 saturated carbocycles. The summed E-state index contributed by atoms with van der Waals surface area (Å²) in [6.07, 6.45) is -1.20. The van der Waals surface area contributed by atoms with Gasteiger partial charge in [0.05, 0.1) is 6.10 Å². The molecule has 0 amide bonds. The number of alkyl halides is 5. The Hall–Kier alpha value is -1.59. The molecule has 0 fully saturated rings. The summed E-state index contributed by atoms with van der Waals surface area (Å²) in [6, 6.07) is 0. The molecule has 1 aromatic rings. The van der Waals surface area contributed by atoms with E-state index in [-0.39, 0.29) is 11.1 Å². The van der Waals surface area contributed by atoms with Crippen LogP contribution in [0.25, 0.3) is 5.57 Å². The van der Waals surface area contributed by atoms with Crippen LogP contribution in [0, 0.1) is 0 Å². The zero-order valence-electron chi connectivity index (χ0n) is 13.1. The normalized spacial score (nSPS) is 25.7. The number of aliphatic hydroxyl groups is 2. The predicted octanol–water partition coefficient (Wildman–Crippen LogP) is 2.53. The maximum Gasteiger partial charge on any atom is 0.503 e. The van der Waals surface area contributed by atoms with Gasteiger partial charge in [0, 0.05) is 18.2 Å². The Morgan fingerprint density at radius 2 is 1.88 bits per heavy atom. The molecular formula is C15H14F5NO4S. The Morgan fingerprint density at radius 1 is 1.23 bits per heavy atom. The number of pyridine rings is 1. The van der Waals surface area contributed by atoms with Crippen LogP contribution in [0.5, 0.6) is 0 Å². The molecule has 2 aliphatic rings. The third-order valence-corrected chi connectivity index (χ3v) is 5.97. The van der Waals surface area contributed by atoms with Gasteiger partial charge >= 0.3 is 5.51 Å². The molecule has 0 bridgehead atoms. The highest BCUT2D eigenvalue weighted by Gasteiger charge is 2.55. The molecule has 0 aliphatic heterocycles. The number of sulfone groups is 1. The highest BCUT2D eigenvalue weighted by atomic mass is 32.2. The van der Waals surface area contributed by atoms with Gasteiger partial charge in [-0.1, -0.05) is 6.08 Å². The number of fused-ring (bicyclic) bond motifs is 1. The summed E-state index contributed by atoms with van der Waals surface area (Å²) >= 11 is 0. The van der Waals surface area contributed by atoms with Crippen molar-refractivity contribution in [2.24, 2.45) is 0 Å². The van der Waals surface area contributed by atoms with Crippen LogP contribution < -0.4 is 0 Å². The number of aliphatic hydroxyl groups excluding tert-OH is 2. The molecule has 0 spiro atoms. The van der Waals surface area contributed by atoms with Crippen molar-refractivity contribution in [2.45, 2.75) is 54.3 Å². The number of nitrogens with zero attached hydrogens (tertiary/aromatic N) is 1. The molecule has 0 aromatic carbocycles. The van der Waals surface area contributed by atoms with E-state index >= 15 is 0 Å². The predicted molar refractivity (Wildman–Crippen MR) is 78.9 cm³/mol. The van der Waals surface area contributed by atoms with Crippen molar-refractivity contribution < 1.29 is 40.6 Å². The van der Waals surface area contributed by atoms with Gasteiger partial charge in [-0.15, -0.1) is 0 Å². The molecular weight excluding hydrogens is 385 g/mol. The fourth-order valence-corrected chi connectivity index (χ4v) is 4.22. The topological polar surface area (TPSA) is 87.5 Å². The van der Waals surface area contributed by atoms with Crippen molar-refractivity contribution in [1.82, 2.24) is 4.98 Å². The van der Waals surface area contributed by atoms with E-state index in [1.54, 1.807) is 0 Å². The summed E-state index contributed by atoms with van der Waals surface area (Å²) in [5.74, 6) is -3.83. The van der Waals surface area contributed by atoms with Crippen LogP contribution in [0.4, 0.5) is 22.0 Å². The van der Waals surface area contributed by atoms with Gasteiger partial charge in [-0.3, -0.25) is 0 Å². The minimum atomic E-state index is -6.02. The van der Waals surface area contributed by atoms with Crippen molar-refractivity contribution in [3.63, 3.8) is 0 Å². The second-order valence-electron chi connectivity index (χ2n) is 6.31. The maximum atomic E-state index is 14.0. The van der Waals surface area contributed by atoms with E-state index in [2.05, 4.69) is 4.98 Å². The summed E-state index contributed by atoms with van der Waals surface area (Å²) in [6.45, 7) is 0. The number of rotatable bonds is 2. The first-order chi connectivity index (χ1) is 11.9. The molecule has 3 rings (SSSR count). The largest absolute Gasteiger partial charge is 0.503 e. The van der Waals surface area contributed by atoms with Crippen LogP contribution in [0.15, 0.2) is 17.3 Å².